The zero-order valence-electron chi connectivity index (χ0n) is 15.3. The van der Waals surface area contributed by atoms with E-state index in [0.29, 0.717) is 0 Å². The maximum atomic E-state index is 13.8. The van der Waals surface area contributed by atoms with Gasteiger partial charge in [-0.3, -0.25) is 14.6 Å². The van der Waals surface area contributed by atoms with E-state index in [2.05, 4.69) is 9.97 Å². The smallest absolute Gasteiger partial charge is 0.364 e. The fourth-order valence-corrected chi connectivity index (χ4v) is 4.37. The lowest BCUT2D eigenvalue weighted by molar-refractivity contribution is -0.275. The quantitative estimate of drug-likeness (QED) is 0.834. The summed E-state index contributed by atoms with van der Waals surface area (Å²) in [6.45, 7) is 2.63. The van der Waals surface area contributed by atoms with E-state index in [1.54, 1.807) is 6.92 Å². The number of primary amides is 1. The first kappa shape index (κ1) is 18.9. The van der Waals surface area contributed by atoms with E-state index in [9.17, 15) is 22.8 Å². The van der Waals surface area contributed by atoms with Crippen molar-refractivity contribution in [2.75, 3.05) is 0 Å². The van der Waals surface area contributed by atoms with Gasteiger partial charge in [-0.2, -0.15) is 13.2 Å². The van der Waals surface area contributed by atoms with E-state index in [4.69, 9.17) is 10.5 Å². The van der Waals surface area contributed by atoms with E-state index >= 15 is 0 Å². The van der Waals surface area contributed by atoms with E-state index in [0.717, 1.165) is 19.8 Å². The average molecular weight is 395 g/mol. The van der Waals surface area contributed by atoms with Gasteiger partial charge in [0.15, 0.2) is 11.0 Å². The predicted molar refractivity (Wildman–Crippen MR) is 94.5 cm³/mol. The molecule has 3 heterocycles. The molecule has 0 spiro atoms. The standard InChI is InChI=1S/C19H20F3N3O3/c1-8-13(9-3-4-9)16(28-18(8,2)19(20,21)22)11-7-12(26)14-10(25-11)5-6-24-15(14)17(23)27/h5-9,13,16H,3-4H2,1-2H3,(H2,23,27)(H,25,26)/t8-,13-,16-,18+/m1/s1. The van der Waals surface area contributed by atoms with Crippen molar-refractivity contribution in [1.82, 2.24) is 9.97 Å². The highest BCUT2D eigenvalue weighted by molar-refractivity contribution is 6.03. The molecular weight excluding hydrogens is 375 g/mol. The first-order valence-corrected chi connectivity index (χ1v) is 9.11. The van der Waals surface area contributed by atoms with Crippen LogP contribution in [0.15, 0.2) is 23.1 Å². The normalized spacial score (nSPS) is 30.7. The average Bonchev–Trinajstić information content (AvgIpc) is 3.39. The molecule has 1 aliphatic heterocycles. The van der Waals surface area contributed by atoms with Gasteiger partial charge in [-0.05, 0) is 43.6 Å². The lowest BCUT2D eigenvalue weighted by Gasteiger charge is -2.31. The summed E-state index contributed by atoms with van der Waals surface area (Å²) in [7, 11) is 0. The lowest BCUT2D eigenvalue weighted by Crippen LogP contribution is -2.47. The molecule has 2 fully saturated rings. The second-order valence-corrected chi connectivity index (χ2v) is 7.88. The lowest BCUT2D eigenvalue weighted by atomic mass is 9.78. The first-order chi connectivity index (χ1) is 13.0. The number of alkyl halides is 3. The Morgan fingerprint density at radius 3 is 2.64 bits per heavy atom. The molecule has 1 aliphatic carbocycles. The van der Waals surface area contributed by atoms with Crippen molar-refractivity contribution in [3.63, 3.8) is 0 Å². The van der Waals surface area contributed by atoms with Crippen LogP contribution in [0.5, 0.6) is 0 Å². The van der Waals surface area contributed by atoms with Gasteiger partial charge in [0.2, 0.25) is 0 Å². The van der Waals surface area contributed by atoms with Crippen LogP contribution >= 0.6 is 0 Å². The number of ether oxygens (including phenoxy) is 1. The summed E-state index contributed by atoms with van der Waals surface area (Å²) < 4.78 is 46.9. The Morgan fingerprint density at radius 1 is 1.39 bits per heavy atom. The molecule has 9 heteroatoms. The minimum Gasteiger partial charge on any atom is -0.364 e. The van der Waals surface area contributed by atoms with Crippen LogP contribution in [0.4, 0.5) is 13.2 Å². The summed E-state index contributed by atoms with van der Waals surface area (Å²) in [5.74, 6) is -1.85. The van der Waals surface area contributed by atoms with Crippen LogP contribution in [0.3, 0.4) is 0 Å². The SMILES string of the molecule is C[C@@H]1[C@H](C2CC2)[C@@H](c2cc(=O)c3c(C(N)=O)nccc3[nH]2)O[C@]1(C)C(F)(F)F. The molecule has 2 aromatic heterocycles. The van der Waals surface area contributed by atoms with Crippen LogP contribution in [-0.4, -0.2) is 27.7 Å². The van der Waals surface area contributed by atoms with Crippen molar-refractivity contribution in [3.05, 3.63) is 39.9 Å². The number of fused-ring (bicyclic) bond motifs is 1. The van der Waals surface area contributed by atoms with Crippen LogP contribution in [-0.2, 0) is 4.74 Å². The molecule has 1 amide bonds. The number of carbonyl (C=O) groups excluding carboxylic acids is 1. The van der Waals surface area contributed by atoms with Crippen molar-refractivity contribution < 1.29 is 22.7 Å². The molecule has 3 N–H and O–H groups in total. The summed E-state index contributed by atoms with van der Waals surface area (Å²) in [5.41, 5.74) is 2.84. The largest absolute Gasteiger partial charge is 0.417 e. The minimum atomic E-state index is -4.53. The summed E-state index contributed by atoms with van der Waals surface area (Å²) in [6, 6.07) is 2.69. The van der Waals surface area contributed by atoms with Gasteiger partial charge in [-0.1, -0.05) is 6.92 Å². The van der Waals surface area contributed by atoms with Gasteiger partial charge in [0, 0.05) is 18.0 Å². The van der Waals surface area contributed by atoms with Gasteiger partial charge in [0.25, 0.3) is 5.91 Å². The molecule has 150 valence electrons. The molecule has 28 heavy (non-hydrogen) atoms. The molecule has 0 radical (unpaired) electrons. The van der Waals surface area contributed by atoms with Crippen LogP contribution in [0, 0.1) is 17.8 Å². The van der Waals surface area contributed by atoms with Crippen molar-refractivity contribution >= 4 is 16.8 Å². The topological polar surface area (TPSA) is 98.1 Å². The molecule has 1 saturated carbocycles. The number of nitrogens with two attached hydrogens (primary N) is 1. The predicted octanol–water partition coefficient (Wildman–Crippen LogP) is 3.08. The Labute approximate surface area is 158 Å². The highest BCUT2D eigenvalue weighted by atomic mass is 19.4. The van der Waals surface area contributed by atoms with Crippen molar-refractivity contribution in [2.24, 2.45) is 23.5 Å². The van der Waals surface area contributed by atoms with E-state index in [1.807, 2.05) is 0 Å². The monoisotopic (exact) mass is 395 g/mol. The highest BCUT2D eigenvalue weighted by Gasteiger charge is 2.66. The van der Waals surface area contributed by atoms with Crippen molar-refractivity contribution in [2.45, 2.75) is 44.6 Å². The zero-order valence-corrected chi connectivity index (χ0v) is 15.3. The highest BCUT2D eigenvalue weighted by Crippen LogP contribution is 2.60. The van der Waals surface area contributed by atoms with Gasteiger partial charge in [0.1, 0.15) is 11.8 Å². The molecule has 0 unspecified atom stereocenters. The third-order valence-corrected chi connectivity index (χ3v) is 6.20. The Balaban J connectivity index is 1.85. The van der Waals surface area contributed by atoms with Gasteiger partial charge in [-0.15, -0.1) is 0 Å². The molecular formula is C19H20F3N3O3. The number of carbonyl (C=O) groups is 1. The number of H-pyrrole nitrogens is 1. The number of aromatic nitrogens is 2. The van der Waals surface area contributed by atoms with Crippen LogP contribution in [0.2, 0.25) is 0 Å². The Hall–Kier alpha value is -2.42. The fourth-order valence-electron chi connectivity index (χ4n) is 4.37. The molecule has 0 aromatic carbocycles. The number of aromatic amines is 1. The number of hydrogen-bond acceptors (Lipinski definition) is 4. The molecule has 2 aromatic rings. The number of pyridine rings is 2. The van der Waals surface area contributed by atoms with E-state index < -0.39 is 35.1 Å². The Bertz CT molecular complexity index is 1010. The second kappa shape index (κ2) is 6.04. The Morgan fingerprint density at radius 2 is 2.07 bits per heavy atom. The summed E-state index contributed by atoms with van der Waals surface area (Å²) in [6.07, 6.45) is -2.42. The number of amides is 1. The number of rotatable bonds is 3. The molecule has 6 nitrogen and oxygen atoms in total. The number of nitrogens with zero attached hydrogens (tertiary/aromatic N) is 1. The molecule has 2 aliphatic rings. The third kappa shape index (κ3) is 2.71. The molecule has 4 rings (SSSR count). The van der Waals surface area contributed by atoms with E-state index in [1.165, 1.54) is 18.3 Å². The number of halogens is 3. The molecule has 4 atom stereocenters. The van der Waals surface area contributed by atoms with Gasteiger partial charge >= 0.3 is 6.18 Å². The van der Waals surface area contributed by atoms with Crippen molar-refractivity contribution in [3.8, 4) is 0 Å². The zero-order chi connectivity index (χ0) is 20.4. The summed E-state index contributed by atoms with van der Waals surface area (Å²) >= 11 is 0. The maximum absolute atomic E-state index is 13.8. The van der Waals surface area contributed by atoms with Gasteiger partial charge < -0.3 is 15.5 Å². The van der Waals surface area contributed by atoms with Crippen LogP contribution in [0.25, 0.3) is 10.9 Å². The summed E-state index contributed by atoms with van der Waals surface area (Å²) in [4.78, 5) is 31.0. The third-order valence-electron chi connectivity index (χ3n) is 6.20. The van der Waals surface area contributed by atoms with E-state index in [-0.39, 0.29) is 34.1 Å². The van der Waals surface area contributed by atoms with Crippen LogP contribution < -0.4 is 11.2 Å². The Kier molecular flexibility index (Phi) is 4.08. The first-order valence-electron chi connectivity index (χ1n) is 9.11. The van der Waals surface area contributed by atoms with Gasteiger partial charge in [0.05, 0.1) is 10.9 Å². The summed E-state index contributed by atoms with van der Waals surface area (Å²) in [5, 5.41) is 0.0198. The molecule has 1 saturated heterocycles. The fraction of sp³-hybridized carbons (Fsp3) is 0.526. The van der Waals surface area contributed by atoms with Crippen LogP contribution in [0.1, 0.15) is 49.0 Å². The van der Waals surface area contributed by atoms with Crippen molar-refractivity contribution in [1.29, 1.82) is 0 Å². The minimum absolute atomic E-state index is 0.0198. The molecule has 0 bridgehead atoms. The van der Waals surface area contributed by atoms with Gasteiger partial charge in [-0.25, -0.2) is 0 Å². The number of nitrogens with one attached hydrogen (secondary N) is 1. The number of hydrogen-bond donors (Lipinski definition) is 2. The maximum Gasteiger partial charge on any atom is 0.417 e. The second-order valence-electron chi connectivity index (χ2n) is 7.88.